The molecule has 0 aromatic rings. The number of hydrogen-bond acceptors (Lipinski definition) is 3. The quantitative estimate of drug-likeness (QED) is 0.339. The molecule has 0 N–H and O–H groups in total. The van der Waals surface area contributed by atoms with E-state index in [9.17, 15) is 9.59 Å². The molecule has 0 heterocycles. The molecule has 0 fully saturated rings. The van der Waals surface area contributed by atoms with Gasteiger partial charge in [0.05, 0.1) is 0 Å². The molecule has 0 aromatic carbocycles. The Balaban J connectivity index is -0.0000000600. The Labute approximate surface area is 90.8 Å². The number of esters is 2. The topological polar surface area (TPSA) is 43.4 Å². The maximum Gasteiger partial charge on any atom is 2.00 e. The average molecular weight is 241 g/mol. The van der Waals surface area contributed by atoms with Crippen LogP contribution in [0.2, 0.25) is 0 Å². The summed E-state index contributed by atoms with van der Waals surface area (Å²) < 4.78 is 3.97. The molecule has 0 amide bonds. The van der Waals surface area contributed by atoms with Crippen LogP contribution in [-0.4, -0.2) is 60.8 Å². The van der Waals surface area contributed by atoms with Gasteiger partial charge in [0.1, 0.15) is 0 Å². The molecule has 44 valence electrons. The molecule has 4 heteroatoms. The first-order chi connectivity index (χ1) is 3.13. The van der Waals surface area contributed by atoms with E-state index in [4.69, 9.17) is 0 Å². The zero-order valence-corrected chi connectivity index (χ0v) is 9.37. The molecule has 0 aromatic heterocycles. The molecule has 0 saturated carbocycles. The van der Waals surface area contributed by atoms with Gasteiger partial charge in [-0.2, -0.15) is 0 Å². The van der Waals surface area contributed by atoms with Gasteiger partial charge in [0.2, 0.25) is 0 Å². The predicted molar refractivity (Wildman–Crippen MR) is 30.4 cm³/mol. The van der Waals surface area contributed by atoms with Crippen LogP contribution >= 0.6 is 0 Å². The summed E-state index contributed by atoms with van der Waals surface area (Å²) in [6.07, 6.45) is 0. The van der Waals surface area contributed by atoms with Gasteiger partial charge in [0, 0.05) is 13.8 Å². The van der Waals surface area contributed by atoms with Crippen LogP contribution in [0.5, 0.6) is 0 Å². The van der Waals surface area contributed by atoms with Crippen molar-refractivity contribution in [1.82, 2.24) is 0 Å². The van der Waals surface area contributed by atoms with E-state index in [-0.39, 0.29) is 51.7 Å². The molecule has 0 aliphatic carbocycles. The van der Waals surface area contributed by atoms with E-state index in [0.29, 0.717) is 0 Å². The van der Waals surface area contributed by atoms with Crippen molar-refractivity contribution in [3.05, 3.63) is 0 Å². The summed E-state index contributed by atoms with van der Waals surface area (Å²) in [5, 5.41) is 0. The molecule has 3 nitrogen and oxygen atoms in total. The molecule has 0 radical (unpaired) electrons. The van der Waals surface area contributed by atoms with E-state index < -0.39 is 11.9 Å². The summed E-state index contributed by atoms with van der Waals surface area (Å²) in [6, 6.07) is 0. The summed E-state index contributed by atoms with van der Waals surface area (Å²) in [7, 11) is 0. The SMILES string of the molecule is CC(=O)OC(C)=O.[Ba+2].[H-].[H-]. The first-order valence-corrected chi connectivity index (χ1v) is 1.82. The molecule has 0 aliphatic heterocycles. The molecule has 0 saturated heterocycles. The first-order valence-electron chi connectivity index (χ1n) is 1.82. The van der Waals surface area contributed by atoms with Crippen molar-refractivity contribution >= 4 is 60.8 Å². The predicted octanol–water partition coefficient (Wildman–Crippen LogP) is -0.0598. The third-order valence-electron chi connectivity index (χ3n) is 0.287. The Hall–Kier alpha value is 0.711. The Morgan fingerprint density at radius 3 is 1.50 bits per heavy atom. The summed E-state index contributed by atoms with van der Waals surface area (Å²) in [4.78, 5) is 19.6. The molecule has 0 aliphatic rings. The Kier molecular flexibility index (Phi) is 8.40. The van der Waals surface area contributed by atoms with E-state index in [1.54, 1.807) is 0 Å². The van der Waals surface area contributed by atoms with Crippen molar-refractivity contribution < 1.29 is 17.2 Å². The third kappa shape index (κ3) is 9.86. The van der Waals surface area contributed by atoms with Crippen molar-refractivity contribution in [3.63, 3.8) is 0 Å². The van der Waals surface area contributed by atoms with Crippen molar-refractivity contribution in [2.75, 3.05) is 0 Å². The molecular formula is C4H8BaO3. The van der Waals surface area contributed by atoms with Crippen LogP contribution in [0.4, 0.5) is 0 Å². The number of rotatable bonds is 0. The standard InChI is InChI=1S/C4H6O3.Ba.2H/c1-3(5)7-4(2)6;;;/h1-2H3;;;/q;+2;2*-1. The summed E-state index contributed by atoms with van der Waals surface area (Å²) >= 11 is 0. The minimum absolute atomic E-state index is 0. The van der Waals surface area contributed by atoms with Crippen LogP contribution in [0.25, 0.3) is 0 Å². The van der Waals surface area contributed by atoms with Crippen molar-refractivity contribution in [2.24, 2.45) is 0 Å². The Morgan fingerprint density at radius 2 is 1.50 bits per heavy atom. The Bertz CT molecular complexity index is 94.7. The second-order valence-electron chi connectivity index (χ2n) is 1.09. The van der Waals surface area contributed by atoms with Gasteiger partial charge in [0.15, 0.2) is 0 Å². The van der Waals surface area contributed by atoms with Gasteiger partial charge in [-0.1, -0.05) is 0 Å². The van der Waals surface area contributed by atoms with Gasteiger partial charge in [-0.25, -0.2) is 0 Å². The summed E-state index contributed by atoms with van der Waals surface area (Å²) in [5.41, 5.74) is 0. The minimum Gasteiger partial charge on any atom is -1.00 e. The average Bonchev–Trinajstić information content (AvgIpc) is 1.27. The van der Waals surface area contributed by atoms with Gasteiger partial charge in [-0.3, -0.25) is 9.59 Å². The van der Waals surface area contributed by atoms with Gasteiger partial charge < -0.3 is 7.59 Å². The number of carbonyl (C=O) groups is 2. The first kappa shape index (κ1) is 11.5. The van der Waals surface area contributed by atoms with Crippen LogP contribution < -0.4 is 0 Å². The van der Waals surface area contributed by atoms with Gasteiger partial charge in [-0.05, 0) is 0 Å². The molecule has 0 bridgehead atoms. The molecule has 0 rings (SSSR count). The molecule has 0 atom stereocenters. The maximum atomic E-state index is 9.81. The number of carbonyl (C=O) groups excluding carboxylic acids is 2. The van der Waals surface area contributed by atoms with Crippen LogP contribution in [0.1, 0.15) is 16.7 Å². The zero-order chi connectivity index (χ0) is 5.86. The monoisotopic (exact) mass is 242 g/mol. The number of hydrogen-bond donors (Lipinski definition) is 0. The fraction of sp³-hybridized carbons (Fsp3) is 0.500. The zero-order valence-electron chi connectivity index (χ0n) is 6.93. The maximum absolute atomic E-state index is 9.81. The largest absolute Gasteiger partial charge is 2.00 e. The van der Waals surface area contributed by atoms with Crippen LogP contribution in [0.15, 0.2) is 0 Å². The van der Waals surface area contributed by atoms with Gasteiger partial charge >= 0.3 is 60.8 Å². The fourth-order valence-electron chi connectivity index (χ4n) is 0.202. The smallest absolute Gasteiger partial charge is 1.00 e. The van der Waals surface area contributed by atoms with Crippen molar-refractivity contribution in [3.8, 4) is 0 Å². The van der Waals surface area contributed by atoms with E-state index in [0.717, 1.165) is 0 Å². The second kappa shape index (κ2) is 5.84. The van der Waals surface area contributed by atoms with E-state index in [1.165, 1.54) is 13.8 Å². The molecule has 8 heavy (non-hydrogen) atoms. The van der Waals surface area contributed by atoms with Crippen molar-refractivity contribution in [2.45, 2.75) is 13.8 Å². The molecular weight excluding hydrogens is 233 g/mol. The van der Waals surface area contributed by atoms with Gasteiger partial charge in [-0.15, -0.1) is 0 Å². The van der Waals surface area contributed by atoms with E-state index >= 15 is 0 Å². The summed E-state index contributed by atoms with van der Waals surface area (Å²) in [5.74, 6) is -1.12. The molecule has 0 spiro atoms. The van der Waals surface area contributed by atoms with Crippen LogP contribution in [0.3, 0.4) is 0 Å². The second-order valence-corrected chi connectivity index (χ2v) is 1.09. The van der Waals surface area contributed by atoms with E-state index in [1.807, 2.05) is 0 Å². The fourth-order valence-corrected chi connectivity index (χ4v) is 0.202. The van der Waals surface area contributed by atoms with Crippen LogP contribution in [-0.2, 0) is 14.3 Å². The Morgan fingerprint density at radius 1 is 1.25 bits per heavy atom. The van der Waals surface area contributed by atoms with Gasteiger partial charge in [0.25, 0.3) is 0 Å². The van der Waals surface area contributed by atoms with Crippen LogP contribution in [0, 0.1) is 0 Å². The number of ether oxygens (including phenoxy) is 1. The third-order valence-corrected chi connectivity index (χ3v) is 0.287. The normalized spacial score (nSPS) is 6.75. The minimum atomic E-state index is -0.562. The van der Waals surface area contributed by atoms with Crippen molar-refractivity contribution in [1.29, 1.82) is 0 Å². The van der Waals surface area contributed by atoms with E-state index in [2.05, 4.69) is 4.74 Å². The molecule has 0 unspecified atom stereocenters. The summed E-state index contributed by atoms with van der Waals surface area (Å²) in [6.45, 7) is 2.36.